The maximum absolute atomic E-state index is 12.4. The first-order valence-corrected chi connectivity index (χ1v) is 9.36. The van der Waals surface area contributed by atoms with Crippen molar-refractivity contribution in [2.45, 2.75) is 26.4 Å². The van der Waals surface area contributed by atoms with Crippen LogP contribution in [0.15, 0.2) is 47.1 Å². The summed E-state index contributed by atoms with van der Waals surface area (Å²) < 4.78 is 21.7. The fraction of sp³-hybridized carbons (Fsp3) is 0.273. The van der Waals surface area contributed by atoms with Crippen molar-refractivity contribution in [3.63, 3.8) is 0 Å². The van der Waals surface area contributed by atoms with Gasteiger partial charge in [-0.3, -0.25) is 9.59 Å². The average Bonchev–Trinajstić information content (AvgIpc) is 3.09. The van der Waals surface area contributed by atoms with E-state index in [-0.39, 0.29) is 6.42 Å². The van der Waals surface area contributed by atoms with E-state index in [1.807, 2.05) is 25.1 Å². The van der Waals surface area contributed by atoms with Crippen molar-refractivity contribution in [2.75, 3.05) is 18.5 Å². The van der Waals surface area contributed by atoms with Gasteiger partial charge in [-0.25, -0.2) is 0 Å². The number of hydrogen-bond donors (Lipinski definition) is 1. The summed E-state index contributed by atoms with van der Waals surface area (Å²) in [6.07, 6.45) is 0.624. The van der Waals surface area contributed by atoms with E-state index >= 15 is 0 Å². The second kappa shape index (κ2) is 7.87. The molecule has 1 amide bonds. The van der Waals surface area contributed by atoms with Gasteiger partial charge in [-0.2, -0.15) is 0 Å². The number of carbonyl (C=O) groups excluding carboxylic acids is 2. The van der Waals surface area contributed by atoms with Crippen molar-refractivity contribution in [1.82, 2.24) is 0 Å². The Morgan fingerprint density at radius 2 is 1.90 bits per heavy atom. The molecule has 29 heavy (non-hydrogen) atoms. The van der Waals surface area contributed by atoms with Crippen LogP contribution < -0.4 is 14.8 Å². The number of amides is 1. The number of benzene rings is 2. The zero-order chi connectivity index (χ0) is 20.4. The molecule has 1 atom stereocenters. The van der Waals surface area contributed by atoms with Crippen LogP contribution in [0.5, 0.6) is 11.5 Å². The van der Waals surface area contributed by atoms with Gasteiger partial charge in [0.1, 0.15) is 18.8 Å². The maximum Gasteiger partial charge on any atom is 0.311 e. The van der Waals surface area contributed by atoms with Gasteiger partial charge in [-0.05, 0) is 37.6 Å². The normalized spacial score (nSPS) is 13.7. The molecule has 0 radical (unpaired) electrons. The second-order valence-electron chi connectivity index (χ2n) is 6.92. The van der Waals surface area contributed by atoms with E-state index < -0.39 is 18.0 Å². The molecule has 0 spiro atoms. The second-order valence-corrected chi connectivity index (χ2v) is 6.92. The molecule has 2 aromatic carbocycles. The Kier molecular flexibility index (Phi) is 5.12. The van der Waals surface area contributed by atoms with Crippen LogP contribution in [0.1, 0.15) is 18.1 Å². The van der Waals surface area contributed by atoms with E-state index in [1.54, 1.807) is 24.5 Å². The number of rotatable bonds is 5. The third-order valence-electron chi connectivity index (χ3n) is 4.63. The molecule has 7 heteroatoms. The molecule has 0 saturated heterocycles. The molecule has 1 N–H and O–H groups in total. The highest BCUT2D eigenvalue weighted by Crippen LogP contribution is 2.32. The summed E-state index contributed by atoms with van der Waals surface area (Å²) in [4.78, 5) is 24.7. The van der Waals surface area contributed by atoms with Gasteiger partial charge in [0.25, 0.3) is 5.91 Å². The van der Waals surface area contributed by atoms with Gasteiger partial charge in [-0.1, -0.05) is 12.1 Å². The highest BCUT2D eigenvalue weighted by molar-refractivity contribution is 5.95. The molecule has 0 fully saturated rings. The highest BCUT2D eigenvalue weighted by atomic mass is 16.6. The van der Waals surface area contributed by atoms with Crippen LogP contribution in [0.4, 0.5) is 5.69 Å². The number of hydrogen-bond acceptors (Lipinski definition) is 6. The van der Waals surface area contributed by atoms with Crippen LogP contribution in [0, 0.1) is 6.92 Å². The monoisotopic (exact) mass is 395 g/mol. The van der Waals surface area contributed by atoms with Crippen LogP contribution in [0.25, 0.3) is 11.0 Å². The number of nitrogens with one attached hydrogen (secondary N) is 1. The molecule has 4 rings (SSSR count). The van der Waals surface area contributed by atoms with Crippen molar-refractivity contribution in [2.24, 2.45) is 0 Å². The summed E-state index contributed by atoms with van der Waals surface area (Å²) in [7, 11) is 0. The van der Waals surface area contributed by atoms with Gasteiger partial charge < -0.3 is 23.9 Å². The number of anilines is 1. The minimum Gasteiger partial charge on any atom is -0.486 e. The maximum atomic E-state index is 12.4. The average molecular weight is 395 g/mol. The van der Waals surface area contributed by atoms with Crippen LogP contribution in [-0.4, -0.2) is 31.2 Å². The van der Waals surface area contributed by atoms with Crippen molar-refractivity contribution in [3.8, 4) is 11.5 Å². The minimum absolute atomic E-state index is 0.0255. The first-order chi connectivity index (χ1) is 14.0. The summed E-state index contributed by atoms with van der Waals surface area (Å²) in [5.41, 5.74) is 3.06. The molecular formula is C22H21NO6. The Labute approximate surface area is 167 Å². The highest BCUT2D eigenvalue weighted by Gasteiger charge is 2.20. The van der Waals surface area contributed by atoms with E-state index in [9.17, 15) is 9.59 Å². The van der Waals surface area contributed by atoms with E-state index in [0.717, 1.165) is 22.1 Å². The van der Waals surface area contributed by atoms with E-state index in [0.29, 0.717) is 30.4 Å². The largest absolute Gasteiger partial charge is 0.486 e. The van der Waals surface area contributed by atoms with E-state index in [2.05, 4.69) is 5.32 Å². The Morgan fingerprint density at radius 1 is 1.10 bits per heavy atom. The van der Waals surface area contributed by atoms with Crippen molar-refractivity contribution in [3.05, 3.63) is 53.8 Å². The summed E-state index contributed by atoms with van der Waals surface area (Å²) >= 11 is 0. The third kappa shape index (κ3) is 4.18. The SMILES string of the molecule is Cc1ccc2c(CC(=O)OC(C)C(=O)Nc3ccc4c(c3)OCCO4)coc2c1. The lowest BCUT2D eigenvalue weighted by Crippen LogP contribution is -2.30. The first kappa shape index (κ1) is 18.9. The lowest BCUT2D eigenvalue weighted by molar-refractivity contribution is -0.152. The molecular weight excluding hydrogens is 374 g/mol. The zero-order valence-electron chi connectivity index (χ0n) is 16.2. The number of fused-ring (bicyclic) bond motifs is 2. The first-order valence-electron chi connectivity index (χ1n) is 9.36. The summed E-state index contributed by atoms with van der Waals surface area (Å²) in [6.45, 7) is 4.46. The number of ether oxygens (including phenoxy) is 3. The fourth-order valence-electron chi connectivity index (χ4n) is 3.14. The third-order valence-corrected chi connectivity index (χ3v) is 4.63. The van der Waals surface area contributed by atoms with Gasteiger partial charge >= 0.3 is 5.97 Å². The Balaban J connectivity index is 1.36. The van der Waals surface area contributed by atoms with Gasteiger partial charge in [0.15, 0.2) is 17.6 Å². The molecule has 2 heterocycles. The Hall–Kier alpha value is -3.48. The molecule has 3 aromatic rings. The van der Waals surface area contributed by atoms with E-state index in [4.69, 9.17) is 18.6 Å². The van der Waals surface area contributed by atoms with Crippen LogP contribution in [0.2, 0.25) is 0 Å². The minimum atomic E-state index is -0.948. The topological polar surface area (TPSA) is 87.0 Å². The predicted octanol–water partition coefficient (Wildman–Crippen LogP) is 3.63. The van der Waals surface area contributed by atoms with E-state index in [1.165, 1.54) is 6.92 Å². The summed E-state index contributed by atoms with van der Waals surface area (Å²) in [5.74, 6) is 0.276. The van der Waals surface area contributed by atoms with Crippen LogP contribution >= 0.6 is 0 Å². The lowest BCUT2D eigenvalue weighted by atomic mass is 10.1. The number of carbonyl (C=O) groups is 2. The van der Waals surface area contributed by atoms with Gasteiger partial charge in [0.05, 0.1) is 12.7 Å². The van der Waals surface area contributed by atoms with Crippen molar-refractivity contribution >= 4 is 28.5 Å². The molecule has 0 aliphatic carbocycles. The predicted molar refractivity (Wildman–Crippen MR) is 106 cm³/mol. The Bertz CT molecular complexity index is 1070. The zero-order valence-corrected chi connectivity index (χ0v) is 16.2. The molecule has 1 aliphatic rings. The molecule has 1 aromatic heterocycles. The number of esters is 1. The molecule has 1 aliphatic heterocycles. The standard InChI is InChI=1S/C22H21NO6/c1-13-3-5-17-15(12-28-19(17)9-13)10-21(24)29-14(2)22(25)23-16-4-6-18-20(11-16)27-8-7-26-18/h3-6,9,11-12,14H,7-8,10H2,1-2H3,(H,23,25). The van der Waals surface area contributed by atoms with Gasteiger partial charge in [0.2, 0.25) is 0 Å². The quantitative estimate of drug-likeness (QED) is 0.664. The van der Waals surface area contributed by atoms with Crippen molar-refractivity contribution < 1.29 is 28.2 Å². The fourth-order valence-corrected chi connectivity index (χ4v) is 3.14. The lowest BCUT2D eigenvalue weighted by Gasteiger charge is -2.19. The number of furan rings is 1. The van der Waals surface area contributed by atoms with Gasteiger partial charge in [-0.15, -0.1) is 0 Å². The molecule has 0 saturated carbocycles. The smallest absolute Gasteiger partial charge is 0.311 e. The molecule has 150 valence electrons. The summed E-state index contributed by atoms with van der Waals surface area (Å²) in [6, 6.07) is 10.9. The summed E-state index contributed by atoms with van der Waals surface area (Å²) in [5, 5.41) is 3.58. The molecule has 7 nitrogen and oxygen atoms in total. The molecule has 1 unspecified atom stereocenters. The Morgan fingerprint density at radius 3 is 2.72 bits per heavy atom. The van der Waals surface area contributed by atoms with Gasteiger partial charge in [0, 0.05) is 22.7 Å². The number of aryl methyl sites for hydroxylation is 1. The molecule has 0 bridgehead atoms. The van der Waals surface area contributed by atoms with Crippen molar-refractivity contribution in [1.29, 1.82) is 0 Å². The van der Waals surface area contributed by atoms with Crippen LogP contribution in [0.3, 0.4) is 0 Å². The van der Waals surface area contributed by atoms with Crippen LogP contribution in [-0.2, 0) is 20.7 Å².